The van der Waals surface area contributed by atoms with Crippen molar-refractivity contribution in [2.24, 2.45) is 10.7 Å². The van der Waals surface area contributed by atoms with Gasteiger partial charge in [0.05, 0.1) is 0 Å². The number of H-pyrrole nitrogens is 1. The van der Waals surface area contributed by atoms with Gasteiger partial charge in [-0.15, -0.1) is 24.0 Å². The summed E-state index contributed by atoms with van der Waals surface area (Å²) < 4.78 is 5.36. The van der Waals surface area contributed by atoms with E-state index in [1.807, 2.05) is 13.0 Å². The van der Waals surface area contributed by atoms with Crippen LogP contribution < -0.4 is 16.4 Å². The molecule has 0 aliphatic heterocycles. The highest BCUT2D eigenvalue weighted by Gasteiger charge is 2.09. The number of carbonyl (C=O) groups is 1. The molecule has 0 atom stereocenters. The number of benzene rings is 1. The van der Waals surface area contributed by atoms with Crippen molar-refractivity contribution < 1.29 is 9.21 Å². The van der Waals surface area contributed by atoms with Crippen LogP contribution in [-0.2, 0) is 13.0 Å². The van der Waals surface area contributed by atoms with Crippen molar-refractivity contribution in [3.05, 3.63) is 59.2 Å². The van der Waals surface area contributed by atoms with Crippen molar-refractivity contribution in [3.8, 4) is 0 Å². The maximum absolute atomic E-state index is 11.1. The van der Waals surface area contributed by atoms with E-state index in [0.29, 0.717) is 18.3 Å². The number of aromatic amines is 1. The first-order valence-corrected chi connectivity index (χ1v) is 9.05. The van der Waals surface area contributed by atoms with Crippen LogP contribution in [0.15, 0.2) is 45.8 Å². The molecule has 5 N–H and O–H groups in total. The van der Waals surface area contributed by atoms with Crippen LogP contribution >= 0.6 is 24.0 Å². The van der Waals surface area contributed by atoms with Crippen LogP contribution in [0, 0.1) is 6.92 Å². The number of nitrogens with two attached hydrogens (primary N) is 1. The minimum atomic E-state index is -0.579. The Kier molecular flexibility index (Phi) is 7.91. The van der Waals surface area contributed by atoms with E-state index in [2.05, 4.69) is 45.7 Å². The van der Waals surface area contributed by atoms with E-state index in [4.69, 9.17) is 10.2 Å². The molecule has 3 rings (SSSR count). The van der Waals surface area contributed by atoms with Gasteiger partial charge in [-0.2, -0.15) is 0 Å². The topological polar surface area (TPSA) is 108 Å². The Balaban J connectivity index is 0.00000280. The summed E-state index contributed by atoms with van der Waals surface area (Å²) >= 11 is 0. The number of aromatic nitrogens is 1. The van der Waals surface area contributed by atoms with Gasteiger partial charge in [-0.1, -0.05) is 18.2 Å². The Morgan fingerprint density at radius 1 is 1.21 bits per heavy atom. The maximum Gasteiger partial charge on any atom is 0.284 e. The number of guanidine groups is 1. The zero-order valence-electron chi connectivity index (χ0n) is 16.0. The van der Waals surface area contributed by atoms with Gasteiger partial charge in [-0.3, -0.25) is 4.79 Å². The molecule has 1 amide bonds. The fourth-order valence-electron chi connectivity index (χ4n) is 3.06. The van der Waals surface area contributed by atoms with E-state index in [1.54, 1.807) is 12.1 Å². The van der Waals surface area contributed by atoms with Gasteiger partial charge in [0.15, 0.2) is 11.7 Å². The summed E-state index contributed by atoms with van der Waals surface area (Å²) in [7, 11) is 0. The molecule has 0 radical (unpaired) electrons. The highest BCUT2D eigenvalue weighted by molar-refractivity contribution is 14.0. The average Bonchev–Trinajstić information content (AvgIpc) is 3.24. The minimum absolute atomic E-state index is 0. The van der Waals surface area contributed by atoms with Crippen molar-refractivity contribution in [3.63, 3.8) is 0 Å². The summed E-state index contributed by atoms with van der Waals surface area (Å²) in [6.07, 6.45) is 0.882. The van der Waals surface area contributed by atoms with Crippen LogP contribution in [0.25, 0.3) is 10.9 Å². The largest absolute Gasteiger partial charge is 0.454 e. The van der Waals surface area contributed by atoms with Gasteiger partial charge in [-0.25, -0.2) is 4.99 Å². The van der Waals surface area contributed by atoms with Crippen LogP contribution in [0.1, 0.15) is 34.5 Å². The fourth-order valence-corrected chi connectivity index (χ4v) is 3.06. The second-order valence-electron chi connectivity index (χ2n) is 6.28. The highest BCUT2D eigenvalue weighted by Crippen LogP contribution is 2.21. The smallest absolute Gasteiger partial charge is 0.284 e. The molecule has 150 valence electrons. The lowest BCUT2D eigenvalue weighted by molar-refractivity contribution is 0.0972. The Labute approximate surface area is 181 Å². The molecule has 0 aliphatic rings. The number of aliphatic imine (C=N–C) groups is 1. The lowest BCUT2D eigenvalue weighted by Crippen LogP contribution is -2.38. The van der Waals surface area contributed by atoms with Gasteiger partial charge in [0, 0.05) is 29.7 Å². The summed E-state index contributed by atoms with van der Waals surface area (Å²) in [6.45, 7) is 5.94. The number of nitrogens with zero attached hydrogens (tertiary/aromatic N) is 1. The predicted molar refractivity (Wildman–Crippen MR) is 122 cm³/mol. The SMILES string of the molecule is CCNC(=NCc1ccc(C(N)=O)o1)NCCc1c(C)[nH]c2ccccc12.I. The number of amides is 1. The van der Waals surface area contributed by atoms with Crippen LogP contribution in [0.2, 0.25) is 0 Å². The van der Waals surface area contributed by atoms with Crippen molar-refractivity contribution in [2.45, 2.75) is 26.8 Å². The number of halogens is 1. The monoisotopic (exact) mass is 495 g/mol. The van der Waals surface area contributed by atoms with Gasteiger partial charge < -0.3 is 25.8 Å². The number of furan rings is 1. The number of hydrogen-bond acceptors (Lipinski definition) is 3. The van der Waals surface area contributed by atoms with Gasteiger partial charge in [0.2, 0.25) is 0 Å². The third-order valence-electron chi connectivity index (χ3n) is 4.34. The molecular weight excluding hydrogens is 469 g/mol. The zero-order chi connectivity index (χ0) is 19.2. The summed E-state index contributed by atoms with van der Waals surface area (Å²) in [5.74, 6) is 0.859. The van der Waals surface area contributed by atoms with Gasteiger partial charge in [-0.05, 0) is 44.0 Å². The molecule has 0 saturated carbocycles. The van der Waals surface area contributed by atoms with E-state index >= 15 is 0 Å². The van der Waals surface area contributed by atoms with E-state index in [9.17, 15) is 4.79 Å². The van der Waals surface area contributed by atoms with Crippen LogP contribution in [0.4, 0.5) is 0 Å². The van der Waals surface area contributed by atoms with E-state index in [1.165, 1.54) is 16.6 Å². The van der Waals surface area contributed by atoms with E-state index in [-0.39, 0.29) is 29.7 Å². The van der Waals surface area contributed by atoms with Crippen molar-refractivity contribution in [1.29, 1.82) is 0 Å². The summed E-state index contributed by atoms with van der Waals surface area (Å²) in [6, 6.07) is 11.6. The summed E-state index contributed by atoms with van der Waals surface area (Å²) in [5, 5.41) is 7.81. The van der Waals surface area contributed by atoms with Crippen molar-refractivity contribution in [2.75, 3.05) is 13.1 Å². The Bertz CT molecular complexity index is 961. The second kappa shape index (κ2) is 10.2. The van der Waals surface area contributed by atoms with Crippen molar-refractivity contribution in [1.82, 2.24) is 15.6 Å². The maximum atomic E-state index is 11.1. The number of carbonyl (C=O) groups excluding carboxylic acids is 1. The third-order valence-corrected chi connectivity index (χ3v) is 4.34. The van der Waals surface area contributed by atoms with Gasteiger partial charge in [0.1, 0.15) is 12.3 Å². The fraction of sp³-hybridized carbons (Fsp3) is 0.300. The molecule has 2 heterocycles. The molecule has 2 aromatic heterocycles. The number of para-hydroxylation sites is 1. The predicted octanol–water partition coefficient (Wildman–Crippen LogP) is 3.08. The molecule has 0 unspecified atom stereocenters. The van der Waals surface area contributed by atoms with Gasteiger partial charge in [0.25, 0.3) is 5.91 Å². The zero-order valence-corrected chi connectivity index (χ0v) is 18.4. The molecule has 0 bridgehead atoms. The Hall–Kier alpha value is -2.49. The first kappa shape index (κ1) is 21.8. The number of aryl methyl sites for hydroxylation is 1. The van der Waals surface area contributed by atoms with E-state index < -0.39 is 5.91 Å². The molecule has 7 nitrogen and oxygen atoms in total. The number of rotatable bonds is 7. The number of fused-ring (bicyclic) bond motifs is 1. The molecule has 0 aliphatic carbocycles. The molecule has 1 aromatic carbocycles. The first-order valence-electron chi connectivity index (χ1n) is 9.05. The number of nitrogens with one attached hydrogen (secondary N) is 3. The van der Waals surface area contributed by atoms with Gasteiger partial charge >= 0.3 is 0 Å². The Morgan fingerprint density at radius 3 is 2.71 bits per heavy atom. The highest BCUT2D eigenvalue weighted by atomic mass is 127. The lowest BCUT2D eigenvalue weighted by Gasteiger charge is -2.11. The quantitative estimate of drug-likeness (QED) is 0.230. The van der Waals surface area contributed by atoms with E-state index in [0.717, 1.165) is 25.0 Å². The molecule has 0 saturated heterocycles. The number of primary amides is 1. The van der Waals surface area contributed by atoms with Crippen LogP contribution in [0.5, 0.6) is 0 Å². The lowest BCUT2D eigenvalue weighted by atomic mass is 10.1. The first-order chi connectivity index (χ1) is 13.1. The summed E-state index contributed by atoms with van der Waals surface area (Å²) in [4.78, 5) is 19.0. The molecule has 28 heavy (non-hydrogen) atoms. The van der Waals surface area contributed by atoms with Crippen LogP contribution in [0.3, 0.4) is 0 Å². The third kappa shape index (κ3) is 5.28. The second-order valence-corrected chi connectivity index (χ2v) is 6.28. The Morgan fingerprint density at radius 2 is 2.00 bits per heavy atom. The molecule has 3 aromatic rings. The average molecular weight is 495 g/mol. The van der Waals surface area contributed by atoms with Crippen LogP contribution in [-0.4, -0.2) is 29.9 Å². The molecule has 0 fully saturated rings. The molecular formula is C20H26IN5O2. The van der Waals surface area contributed by atoms with Crippen molar-refractivity contribution >= 4 is 46.7 Å². The summed E-state index contributed by atoms with van der Waals surface area (Å²) in [5.41, 5.74) is 8.86. The standard InChI is InChI=1S/C20H25N5O2.HI/c1-3-22-20(24-12-14-8-9-18(27-14)19(21)26)23-11-10-15-13(2)25-17-7-5-4-6-16(15)17;/h4-9,25H,3,10-12H2,1-2H3,(H2,21,26)(H2,22,23,24);1H. The molecule has 0 spiro atoms. The normalized spacial score (nSPS) is 11.3. The minimum Gasteiger partial charge on any atom is -0.454 e. The molecule has 8 heteroatoms. The number of hydrogen-bond donors (Lipinski definition) is 4.